The summed E-state index contributed by atoms with van der Waals surface area (Å²) in [6.07, 6.45) is 4.05. The predicted octanol–water partition coefficient (Wildman–Crippen LogP) is 2.79. The van der Waals surface area contributed by atoms with Gasteiger partial charge in [-0.25, -0.2) is 4.79 Å². The average molecular weight is 362 g/mol. The Balaban J connectivity index is 1.73. The summed E-state index contributed by atoms with van der Waals surface area (Å²) in [4.78, 5) is 29.9. The van der Waals surface area contributed by atoms with Gasteiger partial charge in [0.1, 0.15) is 0 Å². The van der Waals surface area contributed by atoms with Crippen molar-refractivity contribution in [3.63, 3.8) is 0 Å². The van der Waals surface area contributed by atoms with Crippen LogP contribution in [0.25, 0.3) is 10.9 Å². The summed E-state index contributed by atoms with van der Waals surface area (Å²) in [5.41, 5.74) is 4.01. The van der Waals surface area contributed by atoms with Crippen LogP contribution < -0.4 is 16.1 Å². The van der Waals surface area contributed by atoms with Crippen molar-refractivity contribution >= 4 is 22.8 Å². The van der Waals surface area contributed by atoms with Gasteiger partial charge in [-0.2, -0.15) is 5.10 Å². The zero-order chi connectivity index (χ0) is 19.0. The minimum atomic E-state index is -0.544. The number of benzene rings is 2. The summed E-state index contributed by atoms with van der Waals surface area (Å²) in [6.45, 7) is 6.34. The van der Waals surface area contributed by atoms with Crippen LogP contribution in [0.5, 0.6) is 0 Å². The lowest BCUT2D eigenvalue weighted by molar-refractivity contribution is 0.771. The Hall–Kier alpha value is -3.15. The topological polar surface area (TPSA) is 70.5 Å². The Morgan fingerprint density at radius 1 is 1.00 bits per heavy atom. The zero-order valence-electron chi connectivity index (χ0n) is 15.5. The van der Waals surface area contributed by atoms with Gasteiger partial charge in [-0.05, 0) is 61.6 Å². The molecule has 1 aromatic heterocycles. The molecular formula is C21H22N4O2. The summed E-state index contributed by atoms with van der Waals surface area (Å²) in [7, 11) is 0. The first-order valence-electron chi connectivity index (χ1n) is 9.20. The highest BCUT2D eigenvalue weighted by Crippen LogP contribution is 2.27. The molecule has 2 aromatic carbocycles. The van der Waals surface area contributed by atoms with Gasteiger partial charge in [0, 0.05) is 18.8 Å². The third kappa shape index (κ3) is 3.07. The van der Waals surface area contributed by atoms with Gasteiger partial charge in [0.25, 0.3) is 5.56 Å². The Morgan fingerprint density at radius 2 is 1.74 bits per heavy atom. The van der Waals surface area contributed by atoms with Crippen LogP contribution in [0, 0.1) is 13.8 Å². The van der Waals surface area contributed by atoms with E-state index in [4.69, 9.17) is 0 Å². The highest BCUT2D eigenvalue weighted by Gasteiger charge is 2.16. The van der Waals surface area contributed by atoms with Crippen LogP contribution in [0.15, 0.2) is 51.1 Å². The van der Waals surface area contributed by atoms with Gasteiger partial charge in [-0.1, -0.05) is 18.2 Å². The maximum Gasteiger partial charge on any atom is 0.349 e. The van der Waals surface area contributed by atoms with Gasteiger partial charge in [-0.3, -0.25) is 4.79 Å². The second-order valence-corrected chi connectivity index (χ2v) is 6.96. The first-order valence-corrected chi connectivity index (χ1v) is 9.20. The first-order chi connectivity index (χ1) is 13.1. The Morgan fingerprint density at radius 3 is 2.52 bits per heavy atom. The molecule has 1 fully saturated rings. The lowest BCUT2D eigenvalue weighted by Gasteiger charge is -2.22. The third-order valence-corrected chi connectivity index (χ3v) is 5.34. The van der Waals surface area contributed by atoms with Crippen molar-refractivity contribution in [2.24, 2.45) is 5.10 Å². The number of aromatic amines is 1. The summed E-state index contributed by atoms with van der Waals surface area (Å²) in [6, 6.07) is 11.0. The Labute approximate surface area is 156 Å². The van der Waals surface area contributed by atoms with E-state index < -0.39 is 11.2 Å². The van der Waals surface area contributed by atoms with Crippen molar-refractivity contribution in [3.05, 3.63) is 73.9 Å². The molecule has 1 saturated heterocycles. The number of fused-ring (bicyclic) bond motifs is 1. The molecule has 0 bridgehead atoms. The van der Waals surface area contributed by atoms with Crippen LogP contribution in [-0.2, 0) is 0 Å². The molecule has 4 rings (SSSR count). The van der Waals surface area contributed by atoms with E-state index >= 15 is 0 Å². The molecule has 0 atom stereocenters. The van der Waals surface area contributed by atoms with Crippen LogP contribution in [0.3, 0.4) is 0 Å². The van der Waals surface area contributed by atoms with Gasteiger partial charge >= 0.3 is 5.69 Å². The number of rotatable bonds is 3. The molecule has 6 nitrogen and oxygen atoms in total. The number of nitrogens with one attached hydrogen (secondary N) is 1. The lowest BCUT2D eigenvalue weighted by atomic mass is 10.0. The molecule has 27 heavy (non-hydrogen) atoms. The van der Waals surface area contributed by atoms with Crippen molar-refractivity contribution < 1.29 is 0 Å². The molecule has 138 valence electrons. The van der Waals surface area contributed by atoms with E-state index in [0.29, 0.717) is 10.9 Å². The minimum Gasteiger partial charge on any atom is -0.371 e. The molecule has 0 radical (unpaired) electrons. The predicted molar refractivity (Wildman–Crippen MR) is 109 cm³/mol. The summed E-state index contributed by atoms with van der Waals surface area (Å²) >= 11 is 0. The summed E-state index contributed by atoms with van der Waals surface area (Å²) in [5.74, 6) is 0. The summed E-state index contributed by atoms with van der Waals surface area (Å²) < 4.78 is 0.880. The number of para-hydroxylation sites is 1. The fourth-order valence-electron chi connectivity index (χ4n) is 3.65. The first kappa shape index (κ1) is 17.3. The largest absolute Gasteiger partial charge is 0.371 e. The van der Waals surface area contributed by atoms with E-state index in [2.05, 4.69) is 28.0 Å². The normalized spacial score (nSPS) is 14.5. The Kier molecular flexibility index (Phi) is 4.39. The van der Waals surface area contributed by atoms with E-state index in [1.807, 2.05) is 13.0 Å². The van der Waals surface area contributed by atoms with Gasteiger partial charge in [-0.15, -0.1) is 4.68 Å². The fourth-order valence-corrected chi connectivity index (χ4v) is 3.65. The number of hydrogen-bond donors (Lipinski definition) is 1. The number of H-pyrrole nitrogens is 1. The van der Waals surface area contributed by atoms with E-state index in [9.17, 15) is 9.59 Å². The molecule has 1 N–H and O–H groups in total. The second kappa shape index (κ2) is 6.87. The van der Waals surface area contributed by atoms with E-state index in [0.717, 1.165) is 28.9 Å². The van der Waals surface area contributed by atoms with Gasteiger partial charge < -0.3 is 9.88 Å². The second-order valence-electron chi connectivity index (χ2n) is 6.96. The van der Waals surface area contributed by atoms with Crippen molar-refractivity contribution in [2.45, 2.75) is 26.7 Å². The minimum absolute atomic E-state index is 0.423. The fraction of sp³-hybridized carbons (Fsp3) is 0.286. The van der Waals surface area contributed by atoms with Crippen molar-refractivity contribution in [1.82, 2.24) is 9.66 Å². The number of hydrogen-bond acceptors (Lipinski definition) is 4. The SMILES string of the molecule is Cc1c(C=Nn2c(=O)[nH]c3ccccc3c2=O)ccc(N2CCCC2)c1C. The summed E-state index contributed by atoms with van der Waals surface area (Å²) in [5, 5.41) is 4.61. The van der Waals surface area contributed by atoms with Crippen LogP contribution >= 0.6 is 0 Å². The lowest BCUT2D eigenvalue weighted by Crippen LogP contribution is -2.32. The van der Waals surface area contributed by atoms with Gasteiger partial charge in [0.2, 0.25) is 0 Å². The van der Waals surface area contributed by atoms with Gasteiger partial charge in [0.05, 0.1) is 17.1 Å². The van der Waals surface area contributed by atoms with E-state index in [-0.39, 0.29) is 0 Å². The third-order valence-electron chi connectivity index (χ3n) is 5.34. The molecule has 1 aliphatic heterocycles. The van der Waals surface area contributed by atoms with E-state index in [1.54, 1.807) is 30.5 Å². The number of nitrogens with zero attached hydrogens (tertiary/aromatic N) is 3. The highest BCUT2D eigenvalue weighted by atomic mass is 16.2. The maximum atomic E-state index is 12.6. The van der Waals surface area contributed by atoms with E-state index in [1.165, 1.54) is 24.1 Å². The highest BCUT2D eigenvalue weighted by molar-refractivity contribution is 5.84. The molecule has 1 aliphatic rings. The number of aromatic nitrogens is 2. The van der Waals surface area contributed by atoms with Crippen LogP contribution in [-0.4, -0.2) is 29.0 Å². The average Bonchev–Trinajstić information content (AvgIpc) is 3.19. The molecule has 6 heteroatoms. The standard InChI is InChI=1S/C21H22N4O2/c1-14-15(2)19(24-11-5-6-12-24)10-9-16(14)13-22-25-20(26)17-7-3-4-8-18(17)23-21(25)27/h3-4,7-10,13H,5-6,11-12H2,1-2H3,(H,23,27). The molecule has 3 aromatic rings. The number of anilines is 1. The van der Waals surface area contributed by atoms with Crippen LogP contribution in [0.4, 0.5) is 5.69 Å². The van der Waals surface area contributed by atoms with Crippen molar-refractivity contribution in [3.8, 4) is 0 Å². The molecule has 0 unspecified atom stereocenters. The van der Waals surface area contributed by atoms with Gasteiger partial charge in [0.15, 0.2) is 0 Å². The molecule has 0 spiro atoms. The molecule has 0 amide bonds. The van der Waals surface area contributed by atoms with Crippen LogP contribution in [0.1, 0.15) is 29.5 Å². The molecule has 2 heterocycles. The smallest absolute Gasteiger partial charge is 0.349 e. The zero-order valence-corrected chi connectivity index (χ0v) is 15.5. The quantitative estimate of drug-likeness (QED) is 0.729. The van der Waals surface area contributed by atoms with Crippen molar-refractivity contribution in [2.75, 3.05) is 18.0 Å². The molecular weight excluding hydrogens is 340 g/mol. The maximum absolute atomic E-state index is 12.6. The van der Waals surface area contributed by atoms with Crippen LogP contribution in [0.2, 0.25) is 0 Å². The Bertz CT molecular complexity index is 1150. The van der Waals surface area contributed by atoms with Crippen molar-refractivity contribution in [1.29, 1.82) is 0 Å². The molecule has 0 aliphatic carbocycles. The molecule has 0 saturated carbocycles. The monoisotopic (exact) mass is 362 g/mol.